The molecule has 0 amide bonds. The number of nitrogens with zero attached hydrogens (tertiary/aromatic N) is 2. The van der Waals surface area contributed by atoms with Gasteiger partial charge in [-0.2, -0.15) is 0 Å². The molecule has 1 aromatic heterocycles. The summed E-state index contributed by atoms with van der Waals surface area (Å²) >= 11 is 0. The quantitative estimate of drug-likeness (QED) is 0.290. The number of hydrogen-bond acceptors (Lipinski definition) is 2. The van der Waals surface area contributed by atoms with Gasteiger partial charge in [0.15, 0.2) is 5.96 Å². The summed E-state index contributed by atoms with van der Waals surface area (Å²) in [4.78, 5) is 8.67. The second-order valence-corrected chi connectivity index (χ2v) is 5.59. The average molecular weight is 418 g/mol. The topological polar surface area (TPSA) is 49.3 Å². The van der Waals surface area contributed by atoms with Gasteiger partial charge in [0.05, 0.1) is 12.2 Å². The van der Waals surface area contributed by atoms with Gasteiger partial charge < -0.3 is 10.6 Å². The predicted molar refractivity (Wildman–Crippen MR) is 106 cm³/mol. The summed E-state index contributed by atoms with van der Waals surface area (Å²) in [6.45, 7) is 7.24. The zero-order valence-corrected chi connectivity index (χ0v) is 16.7. The molecule has 0 fully saturated rings. The van der Waals surface area contributed by atoms with Gasteiger partial charge in [0, 0.05) is 19.3 Å². The van der Waals surface area contributed by atoms with Crippen molar-refractivity contribution in [2.45, 2.75) is 65.5 Å². The lowest BCUT2D eigenvalue weighted by atomic mass is 10.1. The van der Waals surface area contributed by atoms with E-state index in [-0.39, 0.29) is 24.0 Å². The highest BCUT2D eigenvalue weighted by molar-refractivity contribution is 14.0. The van der Waals surface area contributed by atoms with Gasteiger partial charge in [-0.1, -0.05) is 38.7 Å². The number of nitrogens with one attached hydrogen (secondary N) is 2. The predicted octanol–water partition coefficient (Wildman–Crippen LogP) is 4.03. The number of hydrogen-bond donors (Lipinski definition) is 2. The van der Waals surface area contributed by atoms with Crippen LogP contribution in [0.2, 0.25) is 0 Å². The van der Waals surface area contributed by atoms with E-state index in [9.17, 15) is 0 Å². The van der Waals surface area contributed by atoms with E-state index in [1.807, 2.05) is 19.3 Å². The van der Waals surface area contributed by atoms with E-state index in [1.165, 1.54) is 37.7 Å². The highest BCUT2D eigenvalue weighted by Gasteiger charge is 2.06. The fourth-order valence-corrected chi connectivity index (χ4v) is 2.25. The number of guanidine groups is 1. The summed E-state index contributed by atoms with van der Waals surface area (Å²) in [5, 5.41) is 6.78. The minimum Gasteiger partial charge on any atom is -0.354 e. The van der Waals surface area contributed by atoms with Crippen LogP contribution in [0, 0.1) is 6.92 Å². The van der Waals surface area contributed by atoms with Crippen molar-refractivity contribution in [1.82, 2.24) is 15.6 Å². The first kappa shape index (κ1) is 21.1. The summed E-state index contributed by atoms with van der Waals surface area (Å²) < 4.78 is 0. The highest BCUT2D eigenvalue weighted by atomic mass is 127. The Morgan fingerprint density at radius 2 is 2.09 bits per heavy atom. The largest absolute Gasteiger partial charge is 0.354 e. The zero-order chi connectivity index (χ0) is 15.5. The van der Waals surface area contributed by atoms with Crippen LogP contribution in [0.3, 0.4) is 0 Å². The summed E-state index contributed by atoms with van der Waals surface area (Å²) in [7, 11) is 1.81. The summed E-state index contributed by atoms with van der Waals surface area (Å²) in [5.41, 5.74) is 2.27. The molecule has 0 radical (unpaired) electrons. The lowest BCUT2D eigenvalue weighted by Crippen LogP contribution is -2.42. The third-order valence-corrected chi connectivity index (χ3v) is 3.64. The normalized spacial score (nSPS) is 12.5. The van der Waals surface area contributed by atoms with Gasteiger partial charge >= 0.3 is 0 Å². The zero-order valence-electron chi connectivity index (χ0n) is 14.4. The molecule has 0 aliphatic heterocycles. The average Bonchev–Trinajstić information content (AvgIpc) is 2.49. The van der Waals surface area contributed by atoms with Crippen molar-refractivity contribution in [3.63, 3.8) is 0 Å². The Bertz CT molecular complexity index is 434. The molecular weight excluding hydrogens is 387 g/mol. The lowest BCUT2D eigenvalue weighted by Gasteiger charge is -2.18. The fraction of sp³-hybridized carbons (Fsp3) is 0.647. The number of aliphatic imine (C=N–C) groups is 1. The van der Waals surface area contributed by atoms with Gasteiger partial charge in [-0.25, -0.2) is 0 Å². The second-order valence-electron chi connectivity index (χ2n) is 5.59. The standard InChI is InChI=1S/C17H30N4.HI/c1-5-6-7-8-11-15(3)21-17(18-4)20-13-16-14(2)10-9-12-19-16;/h9-10,12,15H,5-8,11,13H2,1-4H3,(H2,18,20,21);1H. The number of unbranched alkanes of at least 4 members (excludes halogenated alkanes) is 3. The van der Waals surface area contributed by atoms with Gasteiger partial charge in [0.25, 0.3) is 0 Å². The van der Waals surface area contributed by atoms with Crippen molar-refractivity contribution in [3.8, 4) is 0 Å². The molecule has 1 heterocycles. The third kappa shape index (κ3) is 8.56. The summed E-state index contributed by atoms with van der Waals surface area (Å²) in [6.07, 6.45) is 8.23. The first-order valence-corrected chi connectivity index (χ1v) is 8.05. The third-order valence-electron chi connectivity index (χ3n) is 3.64. The van der Waals surface area contributed by atoms with Crippen molar-refractivity contribution in [2.24, 2.45) is 4.99 Å². The van der Waals surface area contributed by atoms with Crippen LogP contribution in [0.1, 0.15) is 57.2 Å². The van der Waals surface area contributed by atoms with E-state index in [4.69, 9.17) is 0 Å². The molecule has 4 nitrogen and oxygen atoms in total. The fourth-order valence-electron chi connectivity index (χ4n) is 2.25. The Morgan fingerprint density at radius 1 is 1.32 bits per heavy atom. The molecule has 0 spiro atoms. The maximum absolute atomic E-state index is 4.39. The van der Waals surface area contributed by atoms with Gasteiger partial charge in [-0.05, 0) is 31.9 Å². The first-order valence-electron chi connectivity index (χ1n) is 8.05. The molecule has 0 aliphatic rings. The smallest absolute Gasteiger partial charge is 0.191 e. The van der Waals surface area contributed by atoms with E-state index >= 15 is 0 Å². The number of aromatic nitrogens is 1. The van der Waals surface area contributed by atoms with Crippen LogP contribution in [-0.4, -0.2) is 24.0 Å². The molecule has 0 bridgehead atoms. The number of pyridine rings is 1. The molecule has 0 saturated carbocycles. The van der Waals surface area contributed by atoms with Crippen LogP contribution in [0.5, 0.6) is 0 Å². The van der Waals surface area contributed by atoms with Crippen molar-refractivity contribution in [2.75, 3.05) is 7.05 Å². The molecule has 0 aromatic carbocycles. The van der Waals surface area contributed by atoms with Crippen LogP contribution in [0.15, 0.2) is 23.3 Å². The first-order chi connectivity index (χ1) is 10.2. The van der Waals surface area contributed by atoms with Crippen LogP contribution in [-0.2, 0) is 6.54 Å². The lowest BCUT2D eigenvalue weighted by molar-refractivity contribution is 0.536. The maximum Gasteiger partial charge on any atom is 0.191 e. The minimum absolute atomic E-state index is 0. The van der Waals surface area contributed by atoms with Crippen molar-refractivity contribution in [1.29, 1.82) is 0 Å². The molecule has 1 atom stereocenters. The number of rotatable bonds is 8. The molecule has 0 aliphatic carbocycles. The van der Waals surface area contributed by atoms with Crippen LogP contribution >= 0.6 is 24.0 Å². The van der Waals surface area contributed by atoms with Crippen LogP contribution < -0.4 is 10.6 Å². The van der Waals surface area contributed by atoms with E-state index in [0.29, 0.717) is 12.6 Å². The molecular formula is C17H31IN4. The number of aryl methyl sites for hydroxylation is 1. The van der Waals surface area contributed by atoms with Crippen molar-refractivity contribution >= 4 is 29.9 Å². The van der Waals surface area contributed by atoms with Crippen molar-refractivity contribution in [3.05, 3.63) is 29.6 Å². The highest BCUT2D eigenvalue weighted by Crippen LogP contribution is 2.05. The van der Waals surface area contributed by atoms with Crippen LogP contribution in [0.25, 0.3) is 0 Å². The van der Waals surface area contributed by atoms with Gasteiger partial charge in [-0.15, -0.1) is 24.0 Å². The summed E-state index contributed by atoms with van der Waals surface area (Å²) in [6, 6.07) is 4.48. The molecule has 5 heteroatoms. The Balaban J connectivity index is 0.00000441. The van der Waals surface area contributed by atoms with E-state index < -0.39 is 0 Å². The minimum atomic E-state index is 0. The number of halogens is 1. The van der Waals surface area contributed by atoms with Gasteiger partial charge in [0.2, 0.25) is 0 Å². The second kappa shape index (κ2) is 12.7. The Labute approximate surface area is 152 Å². The van der Waals surface area contributed by atoms with Gasteiger partial charge in [0.1, 0.15) is 0 Å². The molecule has 2 N–H and O–H groups in total. The van der Waals surface area contributed by atoms with E-state index in [1.54, 1.807) is 0 Å². The Morgan fingerprint density at radius 3 is 2.73 bits per heavy atom. The van der Waals surface area contributed by atoms with Gasteiger partial charge in [-0.3, -0.25) is 9.98 Å². The molecule has 1 aromatic rings. The Kier molecular flexibility index (Phi) is 12.2. The monoisotopic (exact) mass is 418 g/mol. The van der Waals surface area contributed by atoms with E-state index in [0.717, 1.165) is 11.7 Å². The molecule has 1 rings (SSSR count). The van der Waals surface area contributed by atoms with E-state index in [2.05, 4.69) is 47.4 Å². The molecule has 1 unspecified atom stereocenters. The SMILES string of the molecule is CCCCCCC(C)NC(=NC)NCc1ncccc1C.I. The van der Waals surface area contributed by atoms with Crippen LogP contribution in [0.4, 0.5) is 0 Å². The Hall–Kier alpha value is -0.850. The van der Waals surface area contributed by atoms with Crippen molar-refractivity contribution < 1.29 is 0 Å². The summed E-state index contributed by atoms with van der Waals surface area (Å²) in [5.74, 6) is 0.850. The molecule has 22 heavy (non-hydrogen) atoms. The maximum atomic E-state index is 4.39. The molecule has 126 valence electrons. The molecule has 0 saturated heterocycles.